The van der Waals surface area contributed by atoms with Gasteiger partial charge >= 0.3 is 6.16 Å². The van der Waals surface area contributed by atoms with Crippen molar-refractivity contribution in [1.82, 2.24) is 0 Å². The van der Waals surface area contributed by atoms with Gasteiger partial charge in [0, 0.05) is 0 Å². The van der Waals surface area contributed by atoms with Crippen molar-refractivity contribution in [2.24, 2.45) is 0 Å². The molecular weight excluding hydrogens is 132 g/mol. The fraction of sp³-hybridized carbons (Fsp3) is 0. The van der Waals surface area contributed by atoms with E-state index in [2.05, 4.69) is 17.9 Å². The molecule has 1 N–H and O–H groups in total. The number of rotatable bonds is 3. The van der Waals surface area contributed by atoms with Gasteiger partial charge in [-0.15, -0.1) is 0 Å². The molecule has 0 heterocycles. The zero-order valence-corrected chi connectivity index (χ0v) is 5.41. The monoisotopic (exact) mass is 140 g/mol. The van der Waals surface area contributed by atoms with Crippen LogP contribution in [0.3, 0.4) is 0 Å². The predicted molar refractivity (Wildman–Crippen MR) is 37.6 cm³/mol. The summed E-state index contributed by atoms with van der Waals surface area (Å²) in [5.74, 6) is 0.169. The largest absolute Gasteiger partial charge is 0.511 e. The molecule has 0 radical (unpaired) electrons. The standard InChI is InChI=1S/C7H8O3/c1-3-5-6(4-2)10-7(8)9/h3-5H,1-2H2,(H,8,9). The highest BCUT2D eigenvalue weighted by atomic mass is 16.7. The lowest BCUT2D eigenvalue weighted by Crippen LogP contribution is -1.97. The summed E-state index contributed by atoms with van der Waals surface area (Å²) in [7, 11) is 0. The number of carbonyl (C=O) groups is 1. The van der Waals surface area contributed by atoms with Crippen LogP contribution in [0.25, 0.3) is 0 Å². The molecule has 0 aliphatic carbocycles. The van der Waals surface area contributed by atoms with E-state index < -0.39 is 6.16 Å². The van der Waals surface area contributed by atoms with E-state index in [1.165, 1.54) is 18.2 Å². The number of carboxylic acid groups (broad SMARTS) is 1. The summed E-state index contributed by atoms with van der Waals surface area (Å²) in [5, 5.41) is 8.10. The summed E-state index contributed by atoms with van der Waals surface area (Å²) in [4.78, 5) is 9.90. The second kappa shape index (κ2) is 4.38. The molecule has 0 aliphatic heterocycles. The Labute approximate surface area is 58.9 Å². The second-order valence-corrected chi connectivity index (χ2v) is 1.38. The number of ether oxygens (including phenoxy) is 1. The Kier molecular flexibility index (Phi) is 3.72. The average molecular weight is 140 g/mol. The lowest BCUT2D eigenvalue weighted by atomic mass is 10.4. The van der Waals surface area contributed by atoms with E-state index in [1.54, 1.807) is 0 Å². The summed E-state index contributed by atoms with van der Waals surface area (Å²) in [5.41, 5.74) is 0. The molecule has 3 heteroatoms. The first kappa shape index (κ1) is 8.49. The molecule has 0 aromatic heterocycles. The Balaban J connectivity index is 4.08. The Bertz CT molecular complexity index is 179. The molecule has 0 saturated heterocycles. The van der Waals surface area contributed by atoms with Gasteiger partial charge in [0.05, 0.1) is 0 Å². The molecule has 0 aromatic rings. The van der Waals surface area contributed by atoms with Crippen LogP contribution in [0.15, 0.2) is 37.1 Å². The van der Waals surface area contributed by atoms with E-state index in [1.807, 2.05) is 0 Å². The van der Waals surface area contributed by atoms with Crippen molar-refractivity contribution in [1.29, 1.82) is 0 Å². The summed E-state index contributed by atoms with van der Waals surface area (Å²) < 4.78 is 4.23. The number of allylic oxidation sites excluding steroid dienone is 3. The first-order valence-electron chi connectivity index (χ1n) is 2.56. The third kappa shape index (κ3) is 3.49. The summed E-state index contributed by atoms with van der Waals surface area (Å²) in [6, 6.07) is 0. The molecular formula is C7H8O3. The zero-order chi connectivity index (χ0) is 7.98. The van der Waals surface area contributed by atoms with Crippen molar-refractivity contribution in [3.63, 3.8) is 0 Å². The number of hydrogen-bond donors (Lipinski definition) is 1. The van der Waals surface area contributed by atoms with Crippen LogP contribution in [-0.4, -0.2) is 11.3 Å². The van der Waals surface area contributed by atoms with Crippen molar-refractivity contribution in [3.05, 3.63) is 37.1 Å². The van der Waals surface area contributed by atoms with Crippen LogP contribution >= 0.6 is 0 Å². The molecule has 0 spiro atoms. The van der Waals surface area contributed by atoms with Gasteiger partial charge in [0.25, 0.3) is 0 Å². The predicted octanol–water partition coefficient (Wildman–Crippen LogP) is 1.94. The Morgan fingerprint density at radius 2 is 2.10 bits per heavy atom. The molecule has 0 atom stereocenters. The maximum atomic E-state index is 9.90. The molecule has 0 aliphatic rings. The van der Waals surface area contributed by atoms with Crippen molar-refractivity contribution >= 4 is 6.16 Å². The summed E-state index contributed by atoms with van der Waals surface area (Å²) in [6.07, 6.45) is 2.75. The van der Waals surface area contributed by atoms with Crippen LogP contribution in [0, 0.1) is 0 Å². The molecule has 0 saturated carbocycles. The van der Waals surface area contributed by atoms with E-state index in [-0.39, 0.29) is 5.76 Å². The second-order valence-electron chi connectivity index (χ2n) is 1.38. The first-order chi connectivity index (χ1) is 4.70. The van der Waals surface area contributed by atoms with Gasteiger partial charge in [-0.2, -0.15) is 0 Å². The van der Waals surface area contributed by atoms with Gasteiger partial charge in [0.2, 0.25) is 0 Å². The molecule has 10 heavy (non-hydrogen) atoms. The quantitative estimate of drug-likeness (QED) is 0.370. The van der Waals surface area contributed by atoms with E-state index in [4.69, 9.17) is 5.11 Å². The Hall–Kier alpha value is -1.51. The van der Waals surface area contributed by atoms with Crippen molar-refractivity contribution in [2.75, 3.05) is 0 Å². The highest BCUT2D eigenvalue weighted by Crippen LogP contribution is 1.97. The lowest BCUT2D eigenvalue weighted by Gasteiger charge is -1.95. The molecule has 0 bridgehead atoms. The zero-order valence-electron chi connectivity index (χ0n) is 5.41. The molecule has 0 rings (SSSR count). The Morgan fingerprint density at radius 1 is 1.50 bits per heavy atom. The van der Waals surface area contributed by atoms with Gasteiger partial charge in [0.15, 0.2) is 0 Å². The van der Waals surface area contributed by atoms with Gasteiger partial charge in [-0.1, -0.05) is 19.2 Å². The SMILES string of the molecule is C=CC=C(C=C)OC(=O)O. The van der Waals surface area contributed by atoms with Crippen molar-refractivity contribution in [3.8, 4) is 0 Å². The number of hydrogen-bond acceptors (Lipinski definition) is 2. The van der Waals surface area contributed by atoms with Crippen molar-refractivity contribution in [2.45, 2.75) is 0 Å². The Morgan fingerprint density at radius 3 is 2.40 bits per heavy atom. The van der Waals surface area contributed by atoms with Gasteiger partial charge in [-0.25, -0.2) is 4.79 Å². The van der Waals surface area contributed by atoms with Crippen LogP contribution < -0.4 is 0 Å². The van der Waals surface area contributed by atoms with Gasteiger partial charge < -0.3 is 9.84 Å². The fourth-order valence-corrected chi connectivity index (χ4v) is 0.361. The third-order valence-corrected chi connectivity index (χ3v) is 0.688. The lowest BCUT2D eigenvalue weighted by molar-refractivity contribution is 0.122. The highest BCUT2D eigenvalue weighted by molar-refractivity contribution is 5.59. The normalized spacial score (nSPS) is 10.2. The molecule has 0 fully saturated rings. The highest BCUT2D eigenvalue weighted by Gasteiger charge is 1.96. The van der Waals surface area contributed by atoms with Crippen LogP contribution in [0.5, 0.6) is 0 Å². The fourth-order valence-electron chi connectivity index (χ4n) is 0.361. The smallest absolute Gasteiger partial charge is 0.449 e. The maximum absolute atomic E-state index is 9.90. The van der Waals surface area contributed by atoms with Crippen LogP contribution in [0.4, 0.5) is 4.79 Å². The van der Waals surface area contributed by atoms with Crippen LogP contribution in [-0.2, 0) is 4.74 Å². The first-order valence-corrected chi connectivity index (χ1v) is 2.56. The minimum Gasteiger partial charge on any atom is -0.449 e. The van der Waals surface area contributed by atoms with E-state index in [9.17, 15) is 4.79 Å². The van der Waals surface area contributed by atoms with Crippen LogP contribution in [0.1, 0.15) is 0 Å². The van der Waals surface area contributed by atoms with Gasteiger partial charge in [-0.3, -0.25) is 0 Å². The topological polar surface area (TPSA) is 46.5 Å². The summed E-state index contributed by atoms with van der Waals surface area (Å²) in [6.45, 7) is 6.69. The molecule has 0 amide bonds. The van der Waals surface area contributed by atoms with E-state index in [0.29, 0.717) is 0 Å². The molecule has 54 valence electrons. The van der Waals surface area contributed by atoms with Crippen LogP contribution in [0.2, 0.25) is 0 Å². The molecule has 0 unspecified atom stereocenters. The third-order valence-electron chi connectivity index (χ3n) is 0.688. The minimum absolute atomic E-state index is 0.169. The van der Waals surface area contributed by atoms with Gasteiger partial charge in [-0.05, 0) is 12.2 Å². The maximum Gasteiger partial charge on any atom is 0.511 e. The average Bonchev–Trinajstić information content (AvgIpc) is 1.86. The van der Waals surface area contributed by atoms with Gasteiger partial charge in [0.1, 0.15) is 5.76 Å². The molecule has 0 aromatic carbocycles. The van der Waals surface area contributed by atoms with E-state index >= 15 is 0 Å². The van der Waals surface area contributed by atoms with Crippen molar-refractivity contribution < 1.29 is 14.6 Å². The molecule has 3 nitrogen and oxygen atoms in total. The van der Waals surface area contributed by atoms with E-state index in [0.717, 1.165) is 0 Å². The minimum atomic E-state index is -1.35. The summed E-state index contributed by atoms with van der Waals surface area (Å²) >= 11 is 0.